The molecule has 3 aromatic rings. The topological polar surface area (TPSA) is 70.5 Å². The zero-order valence-electron chi connectivity index (χ0n) is 17.4. The SMILES string of the molecule is CN1CC(=O)Nc2ncc(C=CC(=O)N(C)Cc3cccc4ccn(C)c34)cc2C1. The van der Waals surface area contributed by atoms with Gasteiger partial charge in [0.05, 0.1) is 12.1 Å². The summed E-state index contributed by atoms with van der Waals surface area (Å²) >= 11 is 0. The lowest BCUT2D eigenvalue weighted by Crippen LogP contribution is -2.26. The average molecular weight is 403 g/mol. The minimum Gasteiger partial charge on any atom is -0.350 e. The molecule has 4 rings (SSSR count). The largest absolute Gasteiger partial charge is 0.350 e. The molecular formula is C23H25N5O2. The predicted molar refractivity (Wildman–Crippen MR) is 118 cm³/mol. The summed E-state index contributed by atoms with van der Waals surface area (Å²) in [5.41, 5.74) is 4.00. The molecule has 0 radical (unpaired) electrons. The van der Waals surface area contributed by atoms with Crippen molar-refractivity contribution in [2.24, 2.45) is 7.05 Å². The van der Waals surface area contributed by atoms with Crippen molar-refractivity contribution in [2.45, 2.75) is 13.1 Å². The van der Waals surface area contributed by atoms with Crippen LogP contribution in [0.15, 0.2) is 48.8 Å². The Kier molecular flexibility index (Phi) is 5.37. The summed E-state index contributed by atoms with van der Waals surface area (Å²) in [6.07, 6.45) is 7.02. The fourth-order valence-corrected chi connectivity index (χ4v) is 3.81. The van der Waals surface area contributed by atoms with Crippen molar-refractivity contribution in [2.75, 3.05) is 26.0 Å². The third-order valence-corrected chi connectivity index (χ3v) is 5.28. The maximum absolute atomic E-state index is 12.7. The number of aryl methyl sites for hydroxylation is 1. The Morgan fingerprint density at radius 2 is 2.10 bits per heavy atom. The molecule has 1 aromatic carbocycles. The van der Waals surface area contributed by atoms with Crippen molar-refractivity contribution >= 4 is 34.6 Å². The molecule has 0 bridgehead atoms. The van der Waals surface area contributed by atoms with Crippen molar-refractivity contribution in [3.8, 4) is 0 Å². The quantitative estimate of drug-likeness (QED) is 0.680. The summed E-state index contributed by atoms with van der Waals surface area (Å²) < 4.78 is 2.08. The highest BCUT2D eigenvalue weighted by molar-refractivity contribution is 5.94. The fraction of sp³-hybridized carbons (Fsp3) is 0.261. The van der Waals surface area contributed by atoms with Crippen LogP contribution in [0.5, 0.6) is 0 Å². The van der Waals surface area contributed by atoms with Crippen molar-refractivity contribution in [3.05, 3.63) is 65.5 Å². The average Bonchev–Trinajstić information content (AvgIpc) is 3.02. The van der Waals surface area contributed by atoms with Crippen LogP contribution in [-0.4, -0.2) is 51.8 Å². The number of hydrogen-bond acceptors (Lipinski definition) is 4. The van der Waals surface area contributed by atoms with E-state index in [-0.39, 0.29) is 11.8 Å². The van der Waals surface area contributed by atoms with E-state index < -0.39 is 0 Å². The number of rotatable bonds is 4. The van der Waals surface area contributed by atoms with Gasteiger partial charge >= 0.3 is 0 Å². The molecule has 30 heavy (non-hydrogen) atoms. The number of benzene rings is 1. The normalized spacial score (nSPS) is 14.6. The molecule has 0 unspecified atom stereocenters. The van der Waals surface area contributed by atoms with Crippen LogP contribution in [0.3, 0.4) is 0 Å². The maximum Gasteiger partial charge on any atom is 0.246 e. The van der Waals surface area contributed by atoms with Gasteiger partial charge < -0.3 is 14.8 Å². The van der Waals surface area contributed by atoms with E-state index in [1.54, 1.807) is 30.3 Å². The molecule has 0 saturated carbocycles. The van der Waals surface area contributed by atoms with Gasteiger partial charge in [-0.2, -0.15) is 0 Å². The highest BCUT2D eigenvalue weighted by Gasteiger charge is 2.17. The number of anilines is 1. The number of pyridine rings is 1. The van der Waals surface area contributed by atoms with Gasteiger partial charge in [-0.1, -0.05) is 18.2 Å². The number of nitrogens with one attached hydrogen (secondary N) is 1. The van der Waals surface area contributed by atoms with Gasteiger partial charge in [-0.3, -0.25) is 14.5 Å². The maximum atomic E-state index is 12.7. The highest BCUT2D eigenvalue weighted by atomic mass is 16.2. The summed E-state index contributed by atoms with van der Waals surface area (Å²) in [5.74, 6) is 0.430. The number of carbonyl (C=O) groups is 2. The van der Waals surface area contributed by atoms with Crippen molar-refractivity contribution in [1.29, 1.82) is 0 Å². The third kappa shape index (κ3) is 4.11. The molecule has 0 fully saturated rings. The highest BCUT2D eigenvalue weighted by Crippen LogP contribution is 2.21. The van der Waals surface area contributed by atoms with Crippen LogP contribution in [0.4, 0.5) is 5.82 Å². The number of nitrogens with zero attached hydrogens (tertiary/aromatic N) is 4. The molecule has 7 heteroatoms. The standard InChI is InChI=1S/C23H25N5O2/c1-26-13-19-11-16(12-24-23(19)25-20(29)15-26)7-8-21(30)28(3)14-18-6-4-5-17-9-10-27(2)22(17)18/h4-12H,13-15H2,1-3H3,(H,24,25,29). The van der Waals surface area contributed by atoms with Crippen LogP contribution in [0.1, 0.15) is 16.7 Å². The first kappa shape index (κ1) is 19.8. The number of para-hydroxylation sites is 1. The van der Waals surface area contributed by atoms with E-state index in [1.165, 1.54) is 5.39 Å². The van der Waals surface area contributed by atoms with E-state index in [0.29, 0.717) is 25.5 Å². The van der Waals surface area contributed by atoms with Crippen molar-refractivity contribution in [1.82, 2.24) is 19.4 Å². The van der Waals surface area contributed by atoms with Gasteiger partial charge in [0, 0.05) is 51.2 Å². The molecule has 0 aliphatic carbocycles. The molecule has 1 aliphatic heterocycles. The fourth-order valence-electron chi connectivity index (χ4n) is 3.81. The molecule has 0 spiro atoms. The molecule has 7 nitrogen and oxygen atoms in total. The van der Waals surface area contributed by atoms with Crippen LogP contribution < -0.4 is 5.32 Å². The van der Waals surface area contributed by atoms with Crippen LogP contribution in [0.25, 0.3) is 17.0 Å². The Balaban J connectivity index is 1.48. The molecule has 2 aromatic heterocycles. The Hall–Kier alpha value is -3.45. The van der Waals surface area contributed by atoms with Crippen molar-refractivity contribution < 1.29 is 9.59 Å². The summed E-state index contributed by atoms with van der Waals surface area (Å²) in [7, 11) is 5.70. The van der Waals surface area contributed by atoms with Crippen LogP contribution in [-0.2, 0) is 29.7 Å². The Bertz CT molecular complexity index is 1150. The monoisotopic (exact) mass is 403 g/mol. The lowest BCUT2D eigenvalue weighted by atomic mass is 10.1. The van der Waals surface area contributed by atoms with E-state index >= 15 is 0 Å². The van der Waals surface area contributed by atoms with E-state index in [1.807, 2.05) is 37.3 Å². The van der Waals surface area contributed by atoms with Gasteiger partial charge in [-0.15, -0.1) is 0 Å². The number of aromatic nitrogens is 2. The number of amides is 2. The van der Waals surface area contributed by atoms with Crippen LogP contribution >= 0.6 is 0 Å². The third-order valence-electron chi connectivity index (χ3n) is 5.28. The van der Waals surface area contributed by atoms with E-state index in [4.69, 9.17) is 0 Å². The number of fused-ring (bicyclic) bond motifs is 2. The Labute approximate surface area is 175 Å². The molecule has 154 valence electrons. The molecule has 0 saturated heterocycles. The number of carbonyl (C=O) groups excluding carboxylic acids is 2. The number of likely N-dealkylation sites (N-methyl/N-ethyl adjacent to an activating group) is 2. The van der Waals surface area contributed by atoms with E-state index in [9.17, 15) is 9.59 Å². The van der Waals surface area contributed by atoms with E-state index in [0.717, 1.165) is 22.2 Å². The molecular weight excluding hydrogens is 378 g/mol. The first-order valence-electron chi connectivity index (χ1n) is 9.84. The second kappa shape index (κ2) is 8.12. The molecule has 2 amide bonds. The summed E-state index contributed by atoms with van der Waals surface area (Å²) in [6, 6.07) is 10.2. The zero-order chi connectivity index (χ0) is 21.3. The van der Waals surface area contributed by atoms with Gasteiger partial charge in [0.15, 0.2) is 0 Å². The molecule has 1 aliphatic rings. The van der Waals surface area contributed by atoms with Gasteiger partial charge in [0.25, 0.3) is 0 Å². The second-order valence-corrected chi connectivity index (χ2v) is 7.81. The minimum absolute atomic E-state index is 0.0721. The lowest BCUT2D eigenvalue weighted by molar-refractivity contribution is -0.125. The Morgan fingerprint density at radius 1 is 1.27 bits per heavy atom. The molecule has 1 N–H and O–H groups in total. The van der Waals surface area contributed by atoms with Crippen LogP contribution in [0.2, 0.25) is 0 Å². The van der Waals surface area contributed by atoms with Crippen LogP contribution in [0, 0.1) is 0 Å². The summed E-state index contributed by atoms with van der Waals surface area (Å²) in [6.45, 7) is 1.48. The zero-order valence-corrected chi connectivity index (χ0v) is 17.4. The molecule has 3 heterocycles. The van der Waals surface area contributed by atoms with Gasteiger partial charge in [0.2, 0.25) is 11.8 Å². The number of hydrogen-bond donors (Lipinski definition) is 1. The van der Waals surface area contributed by atoms with Gasteiger partial charge in [0.1, 0.15) is 5.82 Å². The first-order chi connectivity index (χ1) is 14.4. The van der Waals surface area contributed by atoms with Gasteiger partial charge in [-0.05, 0) is 41.8 Å². The van der Waals surface area contributed by atoms with Crippen molar-refractivity contribution in [3.63, 3.8) is 0 Å². The summed E-state index contributed by atoms with van der Waals surface area (Å²) in [5, 5.41) is 3.98. The smallest absolute Gasteiger partial charge is 0.246 e. The lowest BCUT2D eigenvalue weighted by Gasteiger charge is -2.16. The van der Waals surface area contributed by atoms with E-state index in [2.05, 4.69) is 33.1 Å². The minimum atomic E-state index is -0.0819. The predicted octanol–water partition coefficient (Wildman–Crippen LogP) is 2.63. The Morgan fingerprint density at radius 3 is 2.93 bits per heavy atom. The van der Waals surface area contributed by atoms with Gasteiger partial charge in [-0.25, -0.2) is 4.98 Å². The first-order valence-corrected chi connectivity index (χ1v) is 9.84. The molecule has 0 atom stereocenters. The summed E-state index contributed by atoms with van der Waals surface area (Å²) in [4.78, 5) is 32.5. The second-order valence-electron chi connectivity index (χ2n) is 7.81.